The van der Waals surface area contributed by atoms with Crippen LogP contribution in [-0.4, -0.2) is 16.2 Å². The summed E-state index contributed by atoms with van der Waals surface area (Å²) in [6.07, 6.45) is 0. The van der Waals surface area contributed by atoms with Gasteiger partial charge >= 0.3 is 5.97 Å². The molecule has 0 bridgehead atoms. The second kappa shape index (κ2) is 5.54. The van der Waals surface area contributed by atoms with Gasteiger partial charge in [-0.15, -0.1) is 0 Å². The lowest BCUT2D eigenvalue weighted by Gasteiger charge is -2.11. The standard InChI is InChI=1S/C15H14O4/c1-10-3-2-4-13(15(17)18)14(10)19-12-7-5-11(9-16)6-8-12/h2-8,16H,9H2,1H3,(H,17,18). The Labute approximate surface area is 110 Å². The first-order chi connectivity index (χ1) is 9.11. The Morgan fingerprint density at radius 1 is 1.16 bits per heavy atom. The average Bonchev–Trinajstić information content (AvgIpc) is 2.41. The Balaban J connectivity index is 2.34. The van der Waals surface area contributed by atoms with Crippen molar-refractivity contribution < 1.29 is 19.7 Å². The number of aliphatic hydroxyl groups is 1. The molecule has 2 N–H and O–H groups in total. The van der Waals surface area contributed by atoms with Crippen LogP contribution in [0.1, 0.15) is 21.5 Å². The highest BCUT2D eigenvalue weighted by Gasteiger charge is 2.14. The summed E-state index contributed by atoms with van der Waals surface area (Å²) in [5, 5.41) is 18.1. The smallest absolute Gasteiger partial charge is 0.339 e. The van der Waals surface area contributed by atoms with Crippen molar-refractivity contribution in [3.63, 3.8) is 0 Å². The Kier molecular flexibility index (Phi) is 3.82. The summed E-state index contributed by atoms with van der Waals surface area (Å²) < 4.78 is 5.64. The zero-order valence-electron chi connectivity index (χ0n) is 10.5. The van der Waals surface area contributed by atoms with E-state index in [-0.39, 0.29) is 12.2 Å². The van der Waals surface area contributed by atoms with Gasteiger partial charge in [0.25, 0.3) is 0 Å². The Morgan fingerprint density at radius 3 is 2.42 bits per heavy atom. The van der Waals surface area contributed by atoms with Gasteiger partial charge in [0, 0.05) is 0 Å². The first kappa shape index (κ1) is 13.1. The zero-order chi connectivity index (χ0) is 13.8. The minimum atomic E-state index is -1.02. The van der Waals surface area contributed by atoms with E-state index in [1.54, 1.807) is 43.3 Å². The van der Waals surface area contributed by atoms with Crippen molar-refractivity contribution in [1.29, 1.82) is 0 Å². The second-order valence-corrected chi connectivity index (χ2v) is 4.16. The predicted molar refractivity (Wildman–Crippen MR) is 70.6 cm³/mol. The number of hydrogen-bond donors (Lipinski definition) is 2. The Bertz CT molecular complexity index is 588. The van der Waals surface area contributed by atoms with Crippen molar-refractivity contribution in [2.45, 2.75) is 13.5 Å². The molecule has 98 valence electrons. The van der Waals surface area contributed by atoms with Gasteiger partial charge in [0.15, 0.2) is 0 Å². The number of aliphatic hydroxyl groups excluding tert-OH is 1. The van der Waals surface area contributed by atoms with E-state index in [2.05, 4.69) is 0 Å². The maximum atomic E-state index is 11.2. The lowest BCUT2D eigenvalue weighted by molar-refractivity contribution is 0.0694. The molecule has 2 aromatic rings. The van der Waals surface area contributed by atoms with Gasteiger partial charge < -0.3 is 14.9 Å². The molecule has 19 heavy (non-hydrogen) atoms. The van der Waals surface area contributed by atoms with E-state index in [9.17, 15) is 4.79 Å². The fraction of sp³-hybridized carbons (Fsp3) is 0.133. The van der Waals surface area contributed by atoms with Crippen molar-refractivity contribution in [2.24, 2.45) is 0 Å². The zero-order valence-corrected chi connectivity index (χ0v) is 10.5. The van der Waals surface area contributed by atoms with Gasteiger partial charge in [-0.25, -0.2) is 4.79 Å². The quantitative estimate of drug-likeness (QED) is 0.884. The van der Waals surface area contributed by atoms with Crippen molar-refractivity contribution in [1.82, 2.24) is 0 Å². The first-order valence-electron chi connectivity index (χ1n) is 5.82. The highest BCUT2D eigenvalue weighted by Crippen LogP contribution is 2.29. The third-order valence-corrected chi connectivity index (χ3v) is 2.77. The molecule has 0 aliphatic carbocycles. The molecule has 0 unspecified atom stereocenters. The van der Waals surface area contributed by atoms with E-state index in [0.717, 1.165) is 11.1 Å². The largest absolute Gasteiger partial charge is 0.478 e. The van der Waals surface area contributed by atoms with Crippen LogP contribution in [0, 0.1) is 6.92 Å². The van der Waals surface area contributed by atoms with Crippen LogP contribution >= 0.6 is 0 Å². The summed E-state index contributed by atoms with van der Waals surface area (Å²) in [4.78, 5) is 11.2. The van der Waals surface area contributed by atoms with Crippen molar-refractivity contribution in [2.75, 3.05) is 0 Å². The van der Waals surface area contributed by atoms with Crippen LogP contribution in [0.4, 0.5) is 0 Å². The molecule has 0 amide bonds. The molecule has 0 saturated carbocycles. The lowest BCUT2D eigenvalue weighted by atomic mass is 10.1. The van der Waals surface area contributed by atoms with Crippen LogP contribution in [-0.2, 0) is 6.61 Å². The van der Waals surface area contributed by atoms with Crippen molar-refractivity contribution >= 4 is 5.97 Å². The summed E-state index contributed by atoms with van der Waals surface area (Å²) in [7, 11) is 0. The molecule has 0 saturated heterocycles. The number of rotatable bonds is 4. The Morgan fingerprint density at radius 2 is 1.84 bits per heavy atom. The van der Waals surface area contributed by atoms with E-state index in [4.69, 9.17) is 14.9 Å². The number of carbonyl (C=O) groups is 1. The maximum Gasteiger partial charge on any atom is 0.339 e. The van der Waals surface area contributed by atoms with Gasteiger partial charge in [-0.05, 0) is 36.2 Å². The van der Waals surface area contributed by atoms with Gasteiger partial charge in [-0.1, -0.05) is 24.3 Å². The molecule has 4 heteroatoms. The molecule has 0 spiro atoms. The fourth-order valence-corrected chi connectivity index (χ4v) is 1.74. The molecule has 0 radical (unpaired) electrons. The van der Waals surface area contributed by atoms with Gasteiger partial charge in [0.05, 0.1) is 6.61 Å². The summed E-state index contributed by atoms with van der Waals surface area (Å²) in [6.45, 7) is 1.76. The average molecular weight is 258 g/mol. The monoisotopic (exact) mass is 258 g/mol. The number of hydrogen-bond acceptors (Lipinski definition) is 3. The lowest BCUT2D eigenvalue weighted by Crippen LogP contribution is -2.01. The van der Waals surface area contributed by atoms with E-state index in [0.29, 0.717) is 11.5 Å². The highest BCUT2D eigenvalue weighted by molar-refractivity contribution is 5.91. The molecule has 0 aliphatic heterocycles. The minimum Gasteiger partial charge on any atom is -0.478 e. The van der Waals surface area contributed by atoms with Crippen LogP contribution in [0.5, 0.6) is 11.5 Å². The third-order valence-electron chi connectivity index (χ3n) is 2.77. The molecule has 0 fully saturated rings. The van der Waals surface area contributed by atoms with Crippen LogP contribution in [0.2, 0.25) is 0 Å². The normalized spacial score (nSPS) is 10.2. The van der Waals surface area contributed by atoms with Gasteiger partial charge in [-0.2, -0.15) is 0 Å². The van der Waals surface area contributed by atoms with Gasteiger partial charge in [0.2, 0.25) is 0 Å². The van der Waals surface area contributed by atoms with Crippen LogP contribution in [0.25, 0.3) is 0 Å². The topological polar surface area (TPSA) is 66.8 Å². The van der Waals surface area contributed by atoms with E-state index >= 15 is 0 Å². The fourth-order valence-electron chi connectivity index (χ4n) is 1.74. The summed E-state index contributed by atoms with van der Waals surface area (Å²) in [5.41, 5.74) is 1.66. The van der Waals surface area contributed by atoms with Gasteiger partial charge in [0.1, 0.15) is 17.1 Å². The van der Waals surface area contributed by atoms with E-state index in [1.807, 2.05) is 0 Å². The molecular formula is C15H14O4. The molecule has 2 rings (SSSR count). The SMILES string of the molecule is Cc1cccc(C(=O)O)c1Oc1ccc(CO)cc1. The number of aromatic carboxylic acids is 1. The molecular weight excluding hydrogens is 244 g/mol. The van der Waals surface area contributed by atoms with E-state index in [1.165, 1.54) is 6.07 Å². The Hall–Kier alpha value is -2.33. The summed E-state index contributed by atoms with van der Waals surface area (Å²) in [5.74, 6) is -0.147. The third kappa shape index (κ3) is 2.92. The van der Waals surface area contributed by atoms with E-state index < -0.39 is 5.97 Å². The summed E-state index contributed by atoms with van der Waals surface area (Å²) >= 11 is 0. The molecule has 0 aliphatic rings. The number of carboxylic acid groups (broad SMARTS) is 1. The number of carboxylic acids is 1. The maximum absolute atomic E-state index is 11.2. The predicted octanol–water partition coefficient (Wildman–Crippen LogP) is 2.98. The van der Waals surface area contributed by atoms with Crippen LogP contribution in [0.15, 0.2) is 42.5 Å². The van der Waals surface area contributed by atoms with Gasteiger partial charge in [-0.3, -0.25) is 0 Å². The summed E-state index contributed by atoms with van der Waals surface area (Å²) in [6, 6.07) is 11.8. The number of aryl methyl sites for hydroxylation is 1. The molecule has 0 aromatic heterocycles. The first-order valence-corrected chi connectivity index (χ1v) is 5.82. The molecule has 2 aromatic carbocycles. The minimum absolute atomic E-state index is 0.0367. The van der Waals surface area contributed by atoms with Crippen LogP contribution < -0.4 is 4.74 Å². The number of para-hydroxylation sites is 1. The van der Waals surface area contributed by atoms with Crippen LogP contribution in [0.3, 0.4) is 0 Å². The molecule has 0 atom stereocenters. The number of ether oxygens (including phenoxy) is 1. The van der Waals surface area contributed by atoms with Crippen molar-refractivity contribution in [3.8, 4) is 11.5 Å². The molecule has 4 nitrogen and oxygen atoms in total. The number of benzene rings is 2. The second-order valence-electron chi connectivity index (χ2n) is 4.16. The highest BCUT2D eigenvalue weighted by atomic mass is 16.5. The molecule has 0 heterocycles. The van der Waals surface area contributed by atoms with Crippen molar-refractivity contribution in [3.05, 3.63) is 59.2 Å².